The Labute approximate surface area is 83.9 Å². The third-order valence-corrected chi connectivity index (χ3v) is 2.08. The lowest BCUT2D eigenvalue weighted by Gasteiger charge is -2.00. The fraction of sp³-hybridized carbons (Fsp3) is 0.182. The second-order valence-electron chi connectivity index (χ2n) is 3.05. The number of hydrogen-bond donors (Lipinski definition) is 1. The van der Waals surface area contributed by atoms with Crippen LogP contribution < -0.4 is 0 Å². The monoisotopic (exact) mass is 192 g/mol. The van der Waals surface area contributed by atoms with E-state index < -0.39 is 0 Å². The Morgan fingerprint density at radius 2 is 1.92 bits per heavy atom. The van der Waals surface area contributed by atoms with Crippen molar-refractivity contribution in [3.63, 3.8) is 0 Å². The molecule has 0 aliphatic rings. The highest BCUT2D eigenvalue weighted by Gasteiger charge is 2.03. The van der Waals surface area contributed by atoms with Crippen LogP contribution in [0.25, 0.3) is 0 Å². The van der Waals surface area contributed by atoms with E-state index in [0.29, 0.717) is 12.0 Å². The fourth-order valence-electron chi connectivity index (χ4n) is 0.950. The average molecular weight is 192 g/mol. The normalized spacial score (nSPS) is 9.69. The molecule has 68 valence electrons. The Morgan fingerprint density at radius 3 is 2.38 bits per heavy atom. The van der Waals surface area contributed by atoms with E-state index in [1.165, 1.54) is 0 Å². The number of allylic oxidation sites excluding steroid dienone is 1. The topological polar surface area (TPSA) is 17.1 Å². The van der Waals surface area contributed by atoms with Gasteiger partial charge in [0.25, 0.3) is 0 Å². The first-order valence-corrected chi connectivity index (χ1v) is 4.51. The van der Waals surface area contributed by atoms with Crippen molar-refractivity contribution in [3.05, 3.63) is 42.0 Å². The number of Topliss-reactive ketones (excluding diaryl/α,β-unsaturated/α-hetero) is 1. The summed E-state index contributed by atoms with van der Waals surface area (Å²) in [5.41, 5.74) is 1.61. The van der Waals surface area contributed by atoms with Gasteiger partial charge >= 0.3 is 0 Å². The minimum atomic E-state index is 0.0897. The van der Waals surface area contributed by atoms with Gasteiger partial charge in [-0.15, -0.1) is 12.6 Å². The van der Waals surface area contributed by atoms with E-state index in [0.717, 1.165) is 10.5 Å². The van der Waals surface area contributed by atoms with E-state index in [2.05, 4.69) is 19.2 Å². The van der Waals surface area contributed by atoms with Gasteiger partial charge in [0.05, 0.1) is 0 Å². The summed E-state index contributed by atoms with van der Waals surface area (Å²) in [6, 6.07) is 7.57. The maximum atomic E-state index is 11.3. The lowest BCUT2D eigenvalue weighted by atomic mass is 10.1. The van der Waals surface area contributed by atoms with Crippen molar-refractivity contribution in [1.82, 2.24) is 0 Å². The lowest BCUT2D eigenvalue weighted by Crippen LogP contribution is -2.02. The number of benzene rings is 1. The van der Waals surface area contributed by atoms with Gasteiger partial charge in [-0.2, -0.15) is 0 Å². The molecule has 0 spiro atoms. The number of carbonyl (C=O) groups is 1. The zero-order chi connectivity index (χ0) is 9.84. The van der Waals surface area contributed by atoms with Crippen LogP contribution in [0.1, 0.15) is 12.5 Å². The Morgan fingerprint density at radius 1 is 1.38 bits per heavy atom. The first kappa shape index (κ1) is 10.1. The Kier molecular flexibility index (Phi) is 3.32. The van der Waals surface area contributed by atoms with Crippen LogP contribution in [-0.2, 0) is 11.2 Å². The molecule has 2 heteroatoms. The van der Waals surface area contributed by atoms with Crippen molar-refractivity contribution < 1.29 is 4.79 Å². The van der Waals surface area contributed by atoms with Crippen molar-refractivity contribution in [2.24, 2.45) is 0 Å². The van der Waals surface area contributed by atoms with Crippen LogP contribution in [-0.4, -0.2) is 5.78 Å². The summed E-state index contributed by atoms with van der Waals surface area (Å²) in [6.07, 6.45) is 0.434. The molecule has 0 bridgehead atoms. The molecule has 0 saturated heterocycles. The van der Waals surface area contributed by atoms with E-state index in [-0.39, 0.29) is 5.78 Å². The minimum Gasteiger partial charge on any atom is -0.294 e. The van der Waals surface area contributed by atoms with Gasteiger partial charge in [-0.25, -0.2) is 0 Å². The standard InChI is InChI=1S/C11H12OS/c1-8(2)11(12)7-9-3-5-10(13)6-4-9/h3-6,13H,1,7H2,2H3. The molecule has 0 amide bonds. The van der Waals surface area contributed by atoms with Gasteiger partial charge in [0.15, 0.2) is 5.78 Å². The summed E-state index contributed by atoms with van der Waals surface area (Å²) >= 11 is 4.16. The van der Waals surface area contributed by atoms with Crippen molar-refractivity contribution in [3.8, 4) is 0 Å². The third-order valence-electron chi connectivity index (χ3n) is 1.78. The molecular formula is C11H12OS. The van der Waals surface area contributed by atoms with Crippen molar-refractivity contribution in [2.75, 3.05) is 0 Å². The molecule has 0 aliphatic carbocycles. The quantitative estimate of drug-likeness (QED) is 0.575. The van der Waals surface area contributed by atoms with E-state index >= 15 is 0 Å². The molecule has 0 saturated carbocycles. The van der Waals surface area contributed by atoms with Crippen LogP contribution in [0.2, 0.25) is 0 Å². The van der Waals surface area contributed by atoms with Gasteiger partial charge in [-0.1, -0.05) is 18.7 Å². The number of hydrogen-bond acceptors (Lipinski definition) is 2. The molecule has 0 aromatic heterocycles. The van der Waals surface area contributed by atoms with Crippen LogP contribution in [0.4, 0.5) is 0 Å². The van der Waals surface area contributed by atoms with Gasteiger partial charge < -0.3 is 0 Å². The molecule has 0 unspecified atom stereocenters. The molecule has 0 heterocycles. The molecule has 0 atom stereocenters. The zero-order valence-corrected chi connectivity index (χ0v) is 8.47. The van der Waals surface area contributed by atoms with E-state index in [4.69, 9.17) is 0 Å². The molecular weight excluding hydrogens is 180 g/mol. The Hall–Kier alpha value is -1.02. The molecule has 1 rings (SSSR count). The Bertz CT molecular complexity index is 324. The summed E-state index contributed by atoms with van der Waals surface area (Å²) in [4.78, 5) is 12.2. The molecule has 1 aromatic rings. The molecule has 13 heavy (non-hydrogen) atoms. The molecule has 0 fully saturated rings. The Balaban J connectivity index is 2.70. The molecule has 1 nitrogen and oxygen atoms in total. The van der Waals surface area contributed by atoms with E-state index in [1.807, 2.05) is 24.3 Å². The maximum absolute atomic E-state index is 11.3. The molecule has 0 aliphatic heterocycles. The van der Waals surface area contributed by atoms with Gasteiger partial charge in [0.2, 0.25) is 0 Å². The second-order valence-corrected chi connectivity index (χ2v) is 3.56. The van der Waals surface area contributed by atoms with E-state index in [1.54, 1.807) is 6.92 Å². The molecule has 0 radical (unpaired) electrons. The second kappa shape index (κ2) is 4.28. The van der Waals surface area contributed by atoms with Crippen LogP contribution in [0.3, 0.4) is 0 Å². The number of carbonyl (C=O) groups excluding carboxylic acids is 1. The number of rotatable bonds is 3. The van der Waals surface area contributed by atoms with Crippen molar-refractivity contribution >= 4 is 18.4 Å². The van der Waals surface area contributed by atoms with Gasteiger partial charge in [0.1, 0.15) is 0 Å². The fourth-order valence-corrected chi connectivity index (χ4v) is 1.10. The van der Waals surface area contributed by atoms with Gasteiger partial charge in [-0.05, 0) is 30.2 Å². The minimum absolute atomic E-state index is 0.0897. The predicted molar refractivity (Wildman–Crippen MR) is 57.2 cm³/mol. The summed E-state index contributed by atoms with van der Waals surface area (Å²) in [5.74, 6) is 0.0897. The van der Waals surface area contributed by atoms with Gasteiger partial charge in [0, 0.05) is 11.3 Å². The highest BCUT2D eigenvalue weighted by atomic mass is 32.1. The lowest BCUT2D eigenvalue weighted by molar-refractivity contribution is -0.114. The molecule has 1 aromatic carbocycles. The smallest absolute Gasteiger partial charge is 0.162 e. The van der Waals surface area contributed by atoms with Crippen molar-refractivity contribution in [2.45, 2.75) is 18.2 Å². The predicted octanol–water partition coefficient (Wildman–Crippen LogP) is 2.66. The van der Waals surface area contributed by atoms with Crippen LogP contribution >= 0.6 is 12.6 Å². The summed E-state index contributed by atoms with van der Waals surface area (Å²) in [5, 5.41) is 0. The zero-order valence-electron chi connectivity index (χ0n) is 7.58. The third kappa shape index (κ3) is 3.07. The first-order chi connectivity index (χ1) is 6.09. The highest BCUT2D eigenvalue weighted by molar-refractivity contribution is 7.80. The summed E-state index contributed by atoms with van der Waals surface area (Å²) in [6.45, 7) is 5.34. The molecule has 0 N–H and O–H groups in total. The van der Waals surface area contributed by atoms with Crippen LogP contribution in [0, 0.1) is 0 Å². The summed E-state index contributed by atoms with van der Waals surface area (Å²) < 4.78 is 0. The maximum Gasteiger partial charge on any atom is 0.162 e. The summed E-state index contributed by atoms with van der Waals surface area (Å²) in [7, 11) is 0. The first-order valence-electron chi connectivity index (χ1n) is 4.06. The number of ketones is 1. The average Bonchev–Trinajstić information content (AvgIpc) is 2.08. The van der Waals surface area contributed by atoms with Crippen molar-refractivity contribution in [1.29, 1.82) is 0 Å². The van der Waals surface area contributed by atoms with E-state index in [9.17, 15) is 4.79 Å². The van der Waals surface area contributed by atoms with Crippen LogP contribution in [0.5, 0.6) is 0 Å². The largest absolute Gasteiger partial charge is 0.294 e. The SMILES string of the molecule is C=C(C)C(=O)Cc1ccc(S)cc1. The van der Waals surface area contributed by atoms with Gasteiger partial charge in [-0.3, -0.25) is 4.79 Å². The van der Waals surface area contributed by atoms with Crippen LogP contribution in [0.15, 0.2) is 41.3 Å². The number of thiol groups is 1. The highest BCUT2D eigenvalue weighted by Crippen LogP contribution is 2.09.